The van der Waals surface area contributed by atoms with Crippen LogP contribution in [-0.4, -0.2) is 43.0 Å². The lowest BCUT2D eigenvalue weighted by molar-refractivity contribution is 0.0776. The fourth-order valence-corrected chi connectivity index (χ4v) is 2.59. The Morgan fingerprint density at radius 3 is 3.00 bits per heavy atom. The van der Waals surface area contributed by atoms with Gasteiger partial charge in [0.25, 0.3) is 5.91 Å². The lowest BCUT2D eigenvalue weighted by atomic mass is 10.2. The maximum atomic E-state index is 12.3. The molecule has 0 spiro atoms. The zero-order chi connectivity index (χ0) is 14.8. The number of nitrogens with zero attached hydrogens (tertiary/aromatic N) is 4. The molecule has 0 aliphatic carbocycles. The predicted molar refractivity (Wildman–Crippen MR) is 78.8 cm³/mol. The zero-order valence-corrected chi connectivity index (χ0v) is 12.4. The fraction of sp³-hybridized carbons (Fsp3) is 0.231. The molecular formula is C13H14N6OS. The van der Waals surface area contributed by atoms with E-state index in [4.69, 9.17) is 0 Å². The van der Waals surface area contributed by atoms with E-state index in [9.17, 15) is 4.79 Å². The van der Waals surface area contributed by atoms with E-state index in [0.717, 1.165) is 16.3 Å². The number of carbonyl (C=O) groups is 1. The summed E-state index contributed by atoms with van der Waals surface area (Å²) >= 11 is 1.59. The molecule has 0 unspecified atom stereocenters. The normalized spacial score (nSPS) is 10.8. The van der Waals surface area contributed by atoms with Gasteiger partial charge < -0.3 is 9.88 Å². The molecule has 3 aromatic rings. The average molecular weight is 302 g/mol. The number of amides is 1. The SMILES string of the molecule is Cc1nc(-c2c[nH]c(C(=O)N(C)Cc3ncn[nH]3)c2)cs1. The Balaban J connectivity index is 1.74. The quantitative estimate of drug-likeness (QED) is 0.769. The van der Waals surface area contributed by atoms with Crippen molar-refractivity contribution >= 4 is 17.2 Å². The van der Waals surface area contributed by atoms with Crippen LogP contribution >= 0.6 is 11.3 Å². The average Bonchev–Trinajstić information content (AvgIpc) is 3.17. The van der Waals surface area contributed by atoms with Crippen LogP contribution in [0.5, 0.6) is 0 Å². The number of rotatable bonds is 4. The third-order valence-corrected chi connectivity index (χ3v) is 3.80. The smallest absolute Gasteiger partial charge is 0.270 e. The largest absolute Gasteiger partial charge is 0.357 e. The first-order valence-electron chi connectivity index (χ1n) is 6.34. The molecule has 0 saturated carbocycles. The van der Waals surface area contributed by atoms with Gasteiger partial charge in [0.2, 0.25) is 0 Å². The first-order valence-corrected chi connectivity index (χ1v) is 7.22. The van der Waals surface area contributed by atoms with Crippen LogP contribution in [0.2, 0.25) is 0 Å². The number of hydrogen-bond acceptors (Lipinski definition) is 5. The van der Waals surface area contributed by atoms with Crippen LogP contribution in [-0.2, 0) is 6.54 Å². The van der Waals surface area contributed by atoms with Gasteiger partial charge in [0.05, 0.1) is 17.2 Å². The van der Waals surface area contributed by atoms with E-state index in [1.165, 1.54) is 6.33 Å². The van der Waals surface area contributed by atoms with Gasteiger partial charge in [-0.25, -0.2) is 9.97 Å². The van der Waals surface area contributed by atoms with Crippen molar-refractivity contribution in [3.05, 3.63) is 40.5 Å². The van der Waals surface area contributed by atoms with E-state index in [1.807, 2.05) is 18.4 Å². The van der Waals surface area contributed by atoms with Gasteiger partial charge in [-0.3, -0.25) is 9.89 Å². The molecule has 0 aliphatic heterocycles. The first kappa shape index (κ1) is 13.5. The third kappa shape index (κ3) is 2.84. The number of H-pyrrole nitrogens is 2. The van der Waals surface area contributed by atoms with Gasteiger partial charge in [-0.2, -0.15) is 5.10 Å². The number of hydrogen-bond donors (Lipinski definition) is 2. The molecule has 3 rings (SSSR count). The summed E-state index contributed by atoms with van der Waals surface area (Å²) in [7, 11) is 1.72. The van der Waals surface area contributed by atoms with Crippen LogP contribution in [0, 0.1) is 6.92 Å². The van der Waals surface area contributed by atoms with Gasteiger partial charge in [0, 0.05) is 24.2 Å². The maximum Gasteiger partial charge on any atom is 0.270 e. The van der Waals surface area contributed by atoms with Crippen LogP contribution < -0.4 is 0 Å². The summed E-state index contributed by atoms with van der Waals surface area (Å²) in [6.45, 7) is 2.33. The van der Waals surface area contributed by atoms with E-state index >= 15 is 0 Å². The van der Waals surface area contributed by atoms with E-state index < -0.39 is 0 Å². The maximum absolute atomic E-state index is 12.3. The Morgan fingerprint density at radius 2 is 2.33 bits per heavy atom. The highest BCUT2D eigenvalue weighted by atomic mass is 32.1. The Morgan fingerprint density at radius 1 is 1.48 bits per heavy atom. The Hall–Kier alpha value is -2.48. The number of thiazole rings is 1. The van der Waals surface area contributed by atoms with Crippen molar-refractivity contribution < 1.29 is 4.79 Å². The summed E-state index contributed by atoms with van der Waals surface area (Å²) in [5, 5.41) is 9.48. The molecule has 8 heteroatoms. The van der Waals surface area contributed by atoms with Crippen LogP contribution in [0.3, 0.4) is 0 Å². The minimum Gasteiger partial charge on any atom is -0.357 e. The standard InChI is InChI=1S/C13H14N6OS/c1-8-17-11(6-21-8)9-3-10(14-4-9)13(20)19(2)5-12-15-7-16-18-12/h3-4,6-7,14H,5H2,1-2H3,(H,15,16,18). The summed E-state index contributed by atoms with van der Waals surface area (Å²) in [4.78, 5) is 25.3. The topological polar surface area (TPSA) is 90.6 Å². The molecule has 0 aromatic carbocycles. The van der Waals surface area contributed by atoms with Crippen molar-refractivity contribution in [3.8, 4) is 11.3 Å². The van der Waals surface area contributed by atoms with Gasteiger partial charge in [0.1, 0.15) is 17.8 Å². The lowest BCUT2D eigenvalue weighted by Gasteiger charge is -2.14. The molecular weight excluding hydrogens is 288 g/mol. The van der Waals surface area contributed by atoms with Crippen molar-refractivity contribution in [3.63, 3.8) is 0 Å². The Kier molecular flexibility index (Phi) is 3.53. The van der Waals surface area contributed by atoms with Gasteiger partial charge in [-0.15, -0.1) is 11.3 Å². The summed E-state index contributed by atoms with van der Waals surface area (Å²) in [5.41, 5.74) is 2.32. The highest BCUT2D eigenvalue weighted by molar-refractivity contribution is 7.09. The summed E-state index contributed by atoms with van der Waals surface area (Å²) < 4.78 is 0. The molecule has 0 bridgehead atoms. The second kappa shape index (κ2) is 5.49. The van der Waals surface area contributed by atoms with Gasteiger partial charge >= 0.3 is 0 Å². The van der Waals surface area contributed by atoms with E-state index in [-0.39, 0.29) is 5.91 Å². The summed E-state index contributed by atoms with van der Waals surface area (Å²) in [6, 6.07) is 1.81. The minimum atomic E-state index is -0.107. The minimum absolute atomic E-state index is 0.107. The number of carbonyl (C=O) groups excluding carboxylic acids is 1. The predicted octanol–water partition coefficient (Wildman–Crippen LogP) is 1.84. The first-order chi connectivity index (χ1) is 10.1. The molecule has 1 amide bonds. The molecule has 0 saturated heterocycles. The van der Waals surface area contributed by atoms with Gasteiger partial charge in [0.15, 0.2) is 0 Å². The number of nitrogens with one attached hydrogen (secondary N) is 2. The van der Waals surface area contributed by atoms with Crippen molar-refractivity contribution in [2.75, 3.05) is 7.05 Å². The third-order valence-electron chi connectivity index (χ3n) is 3.03. The molecule has 0 aliphatic rings. The Bertz CT molecular complexity index is 744. The molecule has 108 valence electrons. The molecule has 0 atom stereocenters. The van der Waals surface area contributed by atoms with Crippen molar-refractivity contribution in [1.82, 2.24) is 30.0 Å². The zero-order valence-electron chi connectivity index (χ0n) is 11.6. The van der Waals surface area contributed by atoms with Gasteiger partial charge in [-0.05, 0) is 13.0 Å². The summed E-state index contributed by atoms with van der Waals surface area (Å²) in [6.07, 6.45) is 3.22. The molecule has 0 fully saturated rings. The van der Waals surface area contributed by atoms with Crippen LogP contribution in [0.1, 0.15) is 21.3 Å². The fourth-order valence-electron chi connectivity index (χ4n) is 1.97. The lowest BCUT2D eigenvalue weighted by Crippen LogP contribution is -2.27. The number of aromatic amines is 2. The molecule has 0 radical (unpaired) electrons. The molecule has 3 heterocycles. The second-order valence-corrected chi connectivity index (χ2v) is 5.71. The van der Waals surface area contributed by atoms with E-state index in [2.05, 4.69) is 25.1 Å². The summed E-state index contributed by atoms with van der Waals surface area (Å²) in [5.74, 6) is 0.539. The van der Waals surface area contributed by atoms with Crippen molar-refractivity contribution in [2.45, 2.75) is 13.5 Å². The van der Waals surface area contributed by atoms with Crippen molar-refractivity contribution in [2.24, 2.45) is 0 Å². The van der Waals surface area contributed by atoms with Crippen LogP contribution in [0.25, 0.3) is 11.3 Å². The highest BCUT2D eigenvalue weighted by Crippen LogP contribution is 2.22. The molecule has 3 aromatic heterocycles. The van der Waals surface area contributed by atoms with Crippen LogP contribution in [0.4, 0.5) is 0 Å². The van der Waals surface area contributed by atoms with Crippen molar-refractivity contribution in [1.29, 1.82) is 0 Å². The van der Waals surface area contributed by atoms with E-state index in [1.54, 1.807) is 29.5 Å². The molecule has 7 nitrogen and oxygen atoms in total. The number of aromatic nitrogens is 5. The monoisotopic (exact) mass is 302 g/mol. The molecule has 21 heavy (non-hydrogen) atoms. The van der Waals surface area contributed by atoms with E-state index in [0.29, 0.717) is 18.1 Å². The number of aryl methyl sites for hydroxylation is 1. The highest BCUT2D eigenvalue weighted by Gasteiger charge is 2.16. The van der Waals surface area contributed by atoms with Gasteiger partial charge in [-0.1, -0.05) is 0 Å². The molecule has 2 N–H and O–H groups in total. The second-order valence-electron chi connectivity index (χ2n) is 4.65. The van der Waals surface area contributed by atoms with Crippen LogP contribution in [0.15, 0.2) is 24.0 Å². The Labute approximate surface area is 125 Å².